The summed E-state index contributed by atoms with van der Waals surface area (Å²) in [6.45, 7) is 2.37. The van der Waals surface area contributed by atoms with Gasteiger partial charge in [-0.2, -0.15) is 0 Å². The Hall–Kier alpha value is -1.51. The highest BCUT2D eigenvalue weighted by molar-refractivity contribution is 5.80. The monoisotopic (exact) mass is 192 g/mol. The number of para-hydroxylation sites is 1. The van der Waals surface area contributed by atoms with Crippen molar-refractivity contribution in [2.75, 3.05) is 13.7 Å². The van der Waals surface area contributed by atoms with E-state index in [2.05, 4.69) is 0 Å². The molecule has 1 aliphatic rings. The molecule has 0 aliphatic carbocycles. The number of hydrogen-bond donors (Lipinski definition) is 0. The predicted octanol–water partition coefficient (Wildman–Crippen LogP) is 1.64. The molecule has 0 saturated carbocycles. The van der Waals surface area contributed by atoms with E-state index in [4.69, 9.17) is 9.47 Å². The van der Waals surface area contributed by atoms with E-state index >= 15 is 0 Å². The van der Waals surface area contributed by atoms with Crippen LogP contribution in [0.15, 0.2) is 18.2 Å². The van der Waals surface area contributed by atoms with Gasteiger partial charge in [0.05, 0.1) is 7.11 Å². The molecule has 1 aliphatic heterocycles. The van der Waals surface area contributed by atoms with E-state index in [0.717, 1.165) is 16.9 Å². The number of rotatable bonds is 1. The first-order valence-corrected chi connectivity index (χ1v) is 4.54. The Morgan fingerprint density at radius 1 is 1.57 bits per heavy atom. The second-order valence-electron chi connectivity index (χ2n) is 3.38. The van der Waals surface area contributed by atoms with Crippen molar-refractivity contribution in [3.63, 3.8) is 0 Å². The number of aryl methyl sites for hydroxylation is 1. The maximum atomic E-state index is 11.4. The molecular weight excluding hydrogens is 180 g/mol. The molecule has 0 aromatic heterocycles. The first kappa shape index (κ1) is 9.06. The maximum absolute atomic E-state index is 11.4. The van der Waals surface area contributed by atoms with Crippen molar-refractivity contribution in [2.24, 2.45) is 0 Å². The average Bonchev–Trinajstić information content (AvgIpc) is 2.62. The van der Waals surface area contributed by atoms with Crippen LogP contribution in [0, 0.1) is 6.92 Å². The minimum atomic E-state index is -0.255. The number of fused-ring (bicyclic) bond motifs is 1. The standard InChI is InChI=1S/C11H12O3/c1-7-4-3-5-8-9(11(12)13-2)6-14-10(7)8/h3-5,9H,6H2,1-2H3. The zero-order valence-electron chi connectivity index (χ0n) is 8.24. The molecular formula is C11H12O3. The largest absolute Gasteiger partial charge is 0.492 e. The van der Waals surface area contributed by atoms with Crippen LogP contribution in [0.5, 0.6) is 5.75 Å². The van der Waals surface area contributed by atoms with Crippen molar-refractivity contribution >= 4 is 5.97 Å². The van der Waals surface area contributed by atoms with Crippen LogP contribution < -0.4 is 4.74 Å². The molecule has 1 atom stereocenters. The first-order chi connectivity index (χ1) is 6.74. The second kappa shape index (κ2) is 3.33. The number of carbonyl (C=O) groups excluding carboxylic acids is 1. The number of carbonyl (C=O) groups is 1. The van der Waals surface area contributed by atoms with E-state index in [1.165, 1.54) is 7.11 Å². The van der Waals surface area contributed by atoms with Crippen LogP contribution >= 0.6 is 0 Å². The molecule has 1 aromatic carbocycles. The highest BCUT2D eigenvalue weighted by Crippen LogP contribution is 2.36. The lowest BCUT2D eigenvalue weighted by atomic mass is 10.00. The molecule has 0 spiro atoms. The fourth-order valence-corrected chi connectivity index (χ4v) is 1.74. The Morgan fingerprint density at radius 2 is 2.36 bits per heavy atom. The number of ether oxygens (including phenoxy) is 2. The first-order valence-electron chi connectivity index (χ1n) is 4.54. The fourth-order valence-electron chi connectivity index (χ4n) is 1.74. The van der Waals surface area contributed by atoms with Gasteiger partial charge in [-0.1, -0.05) is 18.2 Å². The second-order valence-corrected chi connectivity index (χ2v) is 3.38. The van der Waals surface area contributed by atoms with Crippen molar-refractivity contribution in [3.05, 3.63) is 29.3 Å². The molecule has 0 fully saturated rings. The third-order valence-electron chi connectivity index (χ3n) is 2.50. The van der Waals surface area contributed by atoms with Crippen LogP contribution in [-0.4, -0.2) is 19.7 Å². The third-order valence-corrected chi connectivity index (χ3v) is 2.50. The molecule has 1 aromatic rings. The Balaban J connectivity index is 2.40. The summed E-state index contributed by atoms with van der Waals surface area (Å²) >= 11 is 0. The zero-order valence-corrected chi connectivity index (χ0v) is 8.24. The lowest BCUT2D eigenvalue weighted by Crippen LogP contribution is -2.15. The SMILES string of the molecule is COC(=O)C1COc2c(C)cccc21. The Bertz CT molecular complexity index is 371. The van der Waals surface area contributed by atoms with Gasteiger partial charge in [-0.3, -0.25) is 4.79 Å². The number of hydrogen-bond acceptors (Lipinski definition) is 3. The molecule has 1 unspecified atom stereocenters. The molecule has 74 valence electrons. The van der Waals surface area contributed by atoms with Crippen LogP contribution in [-0.2, 0) is 9.53 Å². The van der Waals surface area contributed by atoms with Crippen LogP contribution in [0.3, 0.4) is 0 Å². The van der Waals surface area contributed by atoms with Gasteiger partial charge in [-0.15, -0.1) is 0 Å². The van der Waals surface area contributed by atoms with E-state index in [0.29, 0.717) is 6.61 Å². The smallest absolute Gasteiger partial charge is 0.316 e. The predicted molar refractivity (Wildman–Crippen MR) is 51.4 cm³/mol. The molecule has 1 heterocycles. The highest BCUT2D eigenvalue weighted by Gasteiger charge is 2.31. The molecule has 3 heteroatoms. The lowest BCUT2D eigenvalue weighted by molar-refractivity contribution is -0.142. The lowest BCUT2D eigenvalue weighted by Gasteiger charge is -2.05. The Labute approximate surface area is 82.6 Å². The van der Waals surface area contributed by atoms with Gasteiger partial charge in [0.15, 0.2) is 0 Å². The normalized spacial score (nSPS) is 18.6. The van der Waals surface area contributed by atoms with Crippen LogP contribution in [0.1, 0.15) is 17.0 Å². The molecule has 0 amide bonds. The minimum absolute atomic E-state index is 0.227. The average molecular weight is 192 g/mol. The summed E-state index contributed by atoms with van der Waals surface area (Å²) in [6, 6.07) is 5.81. The summed E-state index contributed by atoms with van der Waals surface area (Å²) < 4.78 is 10.2. The third kappa shape index (κ3) is 1.25. The van der Waals surface area contributed by atoms with Gasteiger partial charge in [0.1, 0.15) is 18.3 Å². The summed E-state index contributed by atoms with van der Waals surface area (Å²) in [5.41, 5.74) is 2.01. The molecule has 0 saturated heterocycles. The van der Waals surface area contributed by atoms with E-state index < -0.39 is 0 Å². The number of benzene rings is 1. The van der Waals surface area contributed by atoms with Crippen molar-refractivity contribution in [3.8, 4) is 5.75 Å². The summed E-state index contributed by atoms with van der Waals surface area (Å²) in [7, 11) is 1.40. The summed E-state index contributed by atoms with van der Waals surface area (Å²) in [4.78, 5) is 11.4. The summed E-state index contributed by atoms with van der Waals surface area (Å²) in [5, 5.41) is 0. The Morgan fingerprint density at radius 3 is 3.07 bits per heavy atom. The quantitative estimate of drug-likeness (QED) is 0.634. The topological polar surface area (TPSA) is 35.5 Å². The zero-order chi connectivity index (χ0) is 10.1. The van der Waals surface area contributed by atoms with Gasteiger partial charge < -0.3 is 9.47 Å². The van der Waals surface area contributed by atoms with Gasteiger partial charge >= 0.3 is 5.97 Å². The van der Waals surface area contributed by atoms with Crippen LogP contribution in [0.2, 0.25) is 0 Å². The van der Waals surface area contributed by atoms with Crippen LogP contribution in [0.25, 0.3) is 0 Å². The molecule has 0 N–H and O–H groups in total. The van der Waals surface area contributed by atoms with Gasteiger partial charge in [0, 0.05) is 5.56 Å². The molecule has 0 radical (unpaired) electrons. The number of esters is 1. The van der Waals surface area contributed by atoms with Gasteiger partial charge in [-0.05, 0) is 12.5 Å². The molecule has 14 heavy (non-hydrogen) atoms. The van der Waals surface area contributed by atoms with Crippen molar-refractivity contribution in [1.29, 1.82) is 0 Å². The molecule has 3 nitrogen and oxygen atoms in total. The van der Waals surface area contributed by atoms with Gasteiger partial charge in [-0.25, -0.2) is 0 Å². The van der Waals surface area contributed by atoms with Crippen molar-refractivity contribution in [2.45, 2.75) is 12.8 Å². The minimum Gasteiger partial charge on any atom is -0.492 e. The van der Waals surface area contributed by atoms with E-state index in [1.807, 2.05) is 25.1 Å². The van der Waals surface area contributed by atoms with Crippen LogP contribution in [0.4, 0.5) is 0 Å². The van der Waals surface area contributed by atoms with Crippen molar-refractivity contribution in [1.82, 2.24) is 0 Å². The van der Waals surface area contributed by atoms with Gasteiger partial charge in [0.25, 0.3) is 0 Å². The summed E-state index contributed by atoms with van der Waals surface area (Å²) in [5.74, 6) is 0.354. The van der Waals surface area contributed by atoms with E-state index in [9.17, 15) is 4.79 Å². The molecule has 0 bridgehead atoms. The Kier molecular flexibility index (Phi) is 2.15. The fraction of sp³-hybridized carbons (Fsp3) is 0.364. The van der Waals surface area contributed by atoms with Gasteiger partial charge in [0.2, 0.25) is 0 Å². The maximum Gasteiger partial charge on any atom is 0.316 e. The highest BCUT2D eigenvalue weighted by atomic mass is 16.5. The summed E-state index contributed by atoms with van der Waals surface area (Å²) in [6.07, 6.45) is 0. The van der Waals surface area contributed by atoms with E-state index in [-0.39, 0.29) is 11.9 Å². The number of methoxy groups -OCH3 is 1. The van der Waals surface area contributed by atoms with E-state index in [1.54, 1.807) is 0 Å². The molecule has 2 rings (SSSR count). The van der Waals surface area contributed by atoms with Crippen molar-refractivity contribution < 1.29 is 14.3 Å².